The third-order valence-electron chi connectivity index (χ3n) is 3.86. The third-order valence-corrected chi connectivity index (χ3v) is 3.86. The Morgan fingerprint density at radius 1 is 1.15 bits per heavy atom. The Hall–Kier alpha value is -3.16. The van der Waals surface area contributed by atoms with Gasteiger partial charge in [0.15, 0.2) is 0 Å². The number of carbonyl (C=O) groups excluding carboxylic acids is 2. The van der Waals surface area contributed by atoms with Gasteiger partial charge in [-0.15, -0.1) is 0 Å². The van der Waals surface area contributed by atoms with Crippen LogP contribution in [-0.4, -0.2) is 27.8 Å². The van der Waals surface area contributed by atoms with Gasteiger partial charge in [0.1, 0.15) is 5.82 Å². The number of aromatic nitrogens is 2. The average molecular weight is 356 g/mol. The van der Waals surface area contributed by atoms with Crippen LogP contribution in [0.4, 0.5) is 23.1 Å². The topological polar surface area (TPSA) is 122 Å². The number of amides is 2. The molecule has 2 rings (SSSR count). The SMILES string of the molecule is CC(=O)Nc1cccc(Nc2ncc(C(N)=O)c(N[C@@H](C)C(C)C)n2)c1. The maximum Gasteiger partial charge on any atom is 0.254 e. The van der Waals surface area contributed by atoms with Crippen LogP contribution in [-0.2, 0) is 4.79 Å². The van der Waals surface area contributed by atoms with Crippen molar-refractivity contribution in [1.29, 1.82) is 0 Å². The quantitative estimate of drug-likeness (QED) is 0.605. The number of primary amides is 1. The monoisotopic (exact) mass is 356 g/mol. The van der Waals surface area contributed by atoms with E-state index in [0.29, 0.717) is 29.1 Å². The first-order valence-electron chi connectivity index (χ1n) is 8.34. The molecule has 2 aromatic rings. The molecular formula is C18H24N6O2. The molecule has 5 N–H and O–H groups in total. The molecule has 0 unspecified atom stereocenters. The Morgan fingerprint density at radius 3 is 2.46 bits per heavy atom. The van der Waals surface area contributed by atoms with Crippen LogP contribution < -0.4 is 21.7 Å². The Bertz CT molecular complexity index is 806. The van der Waals surface area contributed by atoms with Gasteiger partial charge in [0.25, 0.3) is 5.91 Å². The van der Waals surface area contributed by atoms with E-state index in [-0.39, 0.29) is 17.5 Å². The molecule has 0 fully saturated rings. The zero-order valence-corrected chi connectivity index (χ0v) is 15.3. The number of anilines is 4. The number of nitrogens with one attached hydrogen (secondary N) is 3. The van der Waals surface area contributed by atoms with E-state index in [4.69, 9.17) is 5.73 Å². The van der Waals surface area contributed by atoms with E-state index in [0.717, 1.165) is 0 Å². The van der Waals surface area contributed by atoms with Gasteiger partial charge in [-0.25, -0.2) is 4.98 Å². The Balaban J connectivity index is 2.27. The van der Waals surface area contributed by atoms with Crippen LogP contribution in [0.3, 0.4) is 0 Å². The second-order valence-electron chi connectivity index (χ2n) is 6.38. The van der Waals surface area contributed by atoms with Crippen LogP contribution in [0.25, 0.3) is 0 Å². The number of nitrogens with two attached hydrogens (primary N) is 1. The van der Waals surface area contributed by atoms with Gasteiger partial charge in [-0.2, -0.15) is 4.98 Å². The van der Waals surface area contributed by atoms with Crippen molar-refractivity contribution in [2.24, 2.45) is 11.7 Å². The lowest BCUT2D eigenvalue weighted by molar-refractivity contribution is -0.114. The average Bonchev–Trinajstić information content (AvgIpc) is 2.54. The Kier molecular flexibility index (Phi) is 6.11. The van der Waals surface area contributed by atoms with Crippen molar-refractivity contribution >= 4 is 35.0 Å². The van der Waals surface area contributed by atoms with Crippen molar-refractivity contribution in [3.05, 3.63) is 36.0 Å². The van der Waals surface area contributed by atoms with E-state index >= 15 is 0 Å². The van der Waals surface area contributed by atoms with Crippen LogP contribution in [0.1, 0.15) is 38.1 Å². The summed E-state index contributed by atoms with van der Waals surface area (Å²) in [7, 11) is 0. The highest BCUT2D eigenvalue weighted by atomic mass is 16.1. The molecule has 8 heteroatoms. The normalized spacial score (nSPS) is 11.7. The van der Waals surface area contributed by atoms with E-state index < -0.39 is 5.91 Å². The van der Waals surface area contributed by atoms with Crippen molar-refractivity contribution in [3.63, 3.8) is 0 Å². The summed E-state index contributed by atoms with van der Waals surface area (Å²) in [6.45, 7) is 7.58. The summed E-state index contributed by atoms with van der Waals surface area (Å²) < 4.78 is 0. The number of hydrogen-bond acceptors (Lipinski definition) is 6. The van der Waals surface area contributed by atoms with Crippen LogP contribution in [0.5, 0.6) is 0 Å². The fourth-order valence-electron chi connectivity index (χ4n) is 2.12. The highest BCUT2D eigenvalue weighted by molar-refractivity contribution is 5.97. The maximum absolute atomic E-state index is 11.6. The van der Waals surface area contributed by atoms with Crippen LogP contribution in [0, 0.1) is 5.92 Å². The van der Waals surface area contributed by atoms with Crippen molar-refractivity contribution < 1.29 is 9.59 Å². The van der Waals surface area contributed by atoms with Crippen molar-refractivity contribution in [3.8, 4) is 0 Å². The number of nitrogens with zero attached hydrogens (tertiary/aromatic N) is 2. The molecule has 8 nitrogen and oxygen atoms in total. The Labute approximate surface area is 152 Å². The fraction of sp³-hybridized carbons (Fsp3) is 0.333. The van der Waals surface area contributed by atoms with Gasteiger partial charge in [0.05, 0.1) is 5.56 Å². The summed E-state index contributed by atoms with van der Waals surface area (Å²) >= 11 is 0. The largest absolute Gasteiger partial charge is 0.367 e. The molecule has 1 heterocycles. The maximum atomic E-state index is 11.6. The van der Waals surface area contributed by atoms with Gasteiger partial charge < -0.3 is 21.7 Å². The van der Waals surface area contributed by atoms with Gasteiger partial charge in [-0.05, 0) is 31.0 Å². The zero-order chi connectivity index (χ0) is 19.3. The molecule has 2 amide bonds. The summed E-state index contributed by atoms with van der Waals surface area (Å²) in [5, 5.41) is 8.98. The van der Waals surface area contributed by atoms with Crippen LogP contribution in [0.2, 0.25) is 0 Å². The molecule has 1 atom stereocenters. The molecule has 1 aromatic heterocycles. The van der Waals surface area contributed by atoms with Crippen molar-refractivity contribution in [2.75, 3.05) is 16.0 Å². The fourth-order valence-corrected chi connectivity index (χ4v) is 2.12. The number of carbonyl (C=O) groups is 2. The minimum Gasteiger partial charge on any atom is -0.367 e. The van der Waals surface area contributed by atoms with Crippen LogP contribution >= 0.6 is 0 Å². The lowest BCUT2D eigenvalue weighted by atomic mass is 10.1. The van der Waals surface area contributed by atoms with E-state index in [9.17, 15) is 9.59 Å². The second-order valence-corrected chi connectivity index (χ2v) is 6.38. The van der Waals surface area contributed by atoms with Gasteiger partial charge in [-0.1, -0.05) is 19.9 Å². The van der Waals surface area contributed by atoms with Gasteiger partial charge in [0.2, 0.25) is 11.9 Å². The first kappa shape index (κ1) is 19.2. The summed E-state index contributed by atoms with van der Waals surface area (Å²) in [5.41, 5.74) is 7.00. The van der Waals surface area contributed by atoms with Crippen molar-refractivity contribution in [2.45, 2.75) is 33.7 Å². The van der Waals surface area contributed by atoms with E-state index in [1.165, 1.54) is 13.1 Å². The smallest absolute Gasteiger partial charge is 0.254 e. The van der Waals surface area contributed by atoms with E-state index in [1.54, 1.807) is 18.2 Å². The van der Waals surface area contributed by atoms with E-state index in [2.05, 4.69) is 39.8 Å². The number of benzene rings is 1. The lowest BCUT2D eigenvalue weighted by Crippen LogP contribution is -2.25. The van der Waals surface area contributed by atoms with Gasteiger partial charge in [-0.3, -0.25) is 9.59 Å². The third kappa shape index (κ3) is 5.17. The number of rotatable bonds is 7. The zero-order valence-electron chi connectivity index (χ0n) is 15.3. The summed E-state index contributed by atoms with van der Waals surface area (Å²) in [6, 6.07) is 7.25. The molecule has 0 aliphatic rings. The summed E-state index contributed by atoms with van der Waals surface area (Å²) in [5.74, 6) is 0.292. The molecule has 0 bridgehead atoms. The van der Waals surface area contributed by atoms with Gasteiger partial charge in [0, 0.05) is 30.5 Å². The van der Waals surface area contributed by atoms with Crippen LogP contribution in [0.15, 0.2) is 30.5 Å². The Morgan fingerprint density at radius 2 is 1.85 bits per heavy atom. The first-order valence-corrected chi connectivity index (χ1v) is 8.34. The molecule has 0 spiro atoms. The predicted molar refractivity (Wildman–Crippen MR) is 103 cm³/mol. The van der Waals surface area contributed by atoms with Gasteiger partial charge >= 0.3 is 0 Å². The summed E-state index contributed by atoms with van der Waals surface area (Å²) in [4.78, 5) is 31.3. The highest BCUT2D eigenvalue weighted by Crippen LogP contribution is 2.21. The summed E-state index contributed by atoms with van der Waals surface area (Å²) in [6.07, 6.45) is 1.39. The standard InChI is InChI=1S/C18H24N6O2/c1-10(2)11(3)21-17-15(16(19)26)9-20-18(24-17)23-14-7-5-6-13(8-14)22-12(4)25/h5-11H,1-4H3,(H2,19,26)(H,22,25)(H2,20,21,23,24)/t11-/m0/s1. The molecule has 138 valence electrons. The molecule has 0 aliphatic carbocycles. The first-order chi connectivity index (χ1) is 12.3. The minimum absolute atomic E-state index is 0.0962. The minimum atomic E-state index is -0.595. The van der Waals surface area contributed by atoms with E-state index in [1.807, 2.05) is 13.0 Å². The molecule has 0 aliphatic heterocycles. The molecule has 0 radical (unpaired) electrons. The predicted octanol–water partition coefficient (Wildman–Crippen LogP) is 2.73. The molecule has 0 saturated heterocycles. The second kappa shape index (κ2) is 8.28. The molecular weight excluding hydrogens is 332 g/mol. The van der Waals surface area contributed by atoms with Crippen molar-refractivity contribution in [1.82, 2.24) is 9.97 Å². The molecule has 0 saturated carbocycles. The number of hydrogen-bond donors (Lipinski definition) is 4. The molecule has 1 aromatic carbocycles. The lowest BCUT2D eigenvalue weighted by Gasteiger charge is -2.20. The highest BCUT2D eigenvalue weighted by Gasteiger charge is 2.16. The molecule has 26 heavy (non-hydrogen) atoms.